The average Bonchev–Trinajstić information content (AvgIpc) is 3.36. The molecule has 0 aromatic carbocycles. The van der Waals surface area contributed by atoms with Gasteiger partial charge in [0, 0.05) is 13.1 Å². The lowest BCUT2D eigenvalue weighted by molar-refractivity contribution is -0.143. The lowest BCUT2D eigenvalue weighted by Crippen LogP contribution is -2.42. The number of nitrogens with one attached hydrogen (secondary N) is 1. The van der Waals surface area contributed by atoms with Gasteiger partial charge in [-0.3, -0.25) is 9.59 Å². The molecule has 0 radical (unpaired) electrons. The molecule has 206 valence electrons. The van der Waals surface area contributed by atoms with Gasteiger partial charge in [-0.1, -0.05) is 6.42 Å². The van der Waals surface area contributed by atoms with Crippen LogP contribution in [0.4, 0.5) is 4.79 Å². The Morgan fingerprint density at radius 2 is 1.69 bits per heavy atom. The van der Waals surface area contributed by atoms with Crippen molar-refractivity contribution in [3.63, 3.8) is 0 Å². The molecular weight excluding hydrogens is 465 g/mol. The highest BCUT2D eigenvalue weighted by Gasteiger charge is 2.52. The molecule has 1 aliphatic carbocycles. The van der Waals surface area contributed by atoms with Crippen molar-refractivity contribution in [2.24, 2.45) is 29.4 Å². The van der Waals surface area contributed by atoms with Crippen LogP contribution in [-0.2, 0) is 23.6 Å². The average molecular weight is 511 g/mol. The molecule has 3 aliphatic rings. The zero-order chi connectivity index (χ0) is 27.5. The second-order valence-electron chi connectivity index (χ2n) is 12.0. The molecule has 3 fully saturated rings. The number of carboxylic acid groups (broad SMARTS) is 1. The number of carbonyl (C=O) groups is 3. The molecule has 4 N–H and O–H groups in total. The van der Waals surface area contributed by atoms with Crippen LogP contribution in [0.15, 0.2) is 0 Å². The van der Waals surface area contributed by atoms with Crippen LogP contribution in [0.25, 0.3) is 0 Å². The monoisotopic (exact) mass is 511 g/mol. The van der Waals surface area contributed by atoms with Gasteiger partial charge in [0.15, 0.2) is 0 Å². The molecule has 0 aromatic heterocycles. The first-order valence-electron chi connectivity index (χ1n) is 13.0. The minimum absolute atomic E-state index is 0.0153. The van der Waals surface area contributed by atoms with Gasteiger partial charge in [-0.15, -0.1) is 0 Å². The zero-order valence-electron chi connectivity index (χ0n) is 23.3. The van der Waals surface area contributed by atoms with E-state index in [4.69, 9.17) is 14.0 Å². The third-order valence-electron chi connectivity index (χ3n) is 7.85. The van der Waals surface area contributed by atoms with E-state index in [2.05, 4.69) is 11.1 Å². The fraction of sp³-hybridized carbons (Fsp3) is 0.880. The molecule has 1 saturated carbocycles. The van der Waals surface area contributed by atoms with E-state index in [1.165, 1.54) is 7.05 Å². The Kier molecular flexibility index (Phi) is 9.86. The van der Waals surface area contributed by atoms with Gasteiger partial charge < -0.3 is 35.1 Å². The summed E-state index contributed by atoms with van der Waals surface area (Å²) in [5.74, 6) is -0.951. The van der Waals surface area contributed by atoms with Crippen molar-refractivity contribution in [3.8, 4) is 0 Å². The van der Waals surface area contributed by atoms with E-state index < -0.39 is 17.7 Å². The fourth-order valence-electron chi connectivity index (χ4n) is 5.51. The first-order chi connectivity index (χ1) is 16.6. The van der Waals surface area contributed by atoms with E-state index in [9.17, 15) is 19.5 Å². The number of alkyl carbamates (subject to hydrolysis) is 1. The SMILES string of the molecule is CC(C)(C)OC(=O)NCC(=O)N1CC2C[C@@H](C(=O)O)C(CCCB3OC(C)(C)C(C)(C)O3)C2C1.CN. The van der Waals surface area contributed by atoms with E-state index in [0.29, 0.717) is 19.5 Å². The van der Waals surface area contributed by atoms with Gasteiger partial charge in [-0.25, -0.2) is 4.79 Å². The summed E-state index contributed by atoms with van der Waals surface area (Å²) in [6.45, 7) is 14.3. The number of carbonyl (C=O) groups excluding carboxylic acids is 2. The molecule has 2 aliphatic heterocycles. The summed E-state index contributed by atoms with van der Waals surface area (Å²) in [6.07, 6.45) is 2.26. The Bertz CT molecular complexity index is 783. The molecule has 0 spiro atoms. The van der Waals surface area contributed by atoms with Crippen molar-refractivity contribution in [2.45, 2.75) is 90.9 Å². The minimum atomic E-state index is -0.750. The number of hydrogen-bond acceptors (Lipinski definition) is 7. The van der Waals surface area contributed by atoms with E-state index in [0.717, 1.165) is 19.2 Å². The largest absolute Gasteiger partial charge is 0.481 e. The van der Waals surface area contributed by atoms with Crippen molar-refractivity contribution in [3.05, 3.63) is 0 Å². The van der Waals surface area contributed by atoms with Gasteiger partial charge >= 0.3 is 19.2 Å². The van der Waals surface area contributed by atoms with Crippen molar-refractivity contribution >= 4 is 25.1 Å². The summed E-state index contributed by atoms with van der Waals surface area (Å²) in [4.78, 5) is 38.3. The summed E-state index contributed by atoms with van der Waals surface area (Å²) in [7, 11) is 1.21. The molecule has 2 saturated heterocycles. The number of rotatable bonds is 7. The predicted octanol–water partition coefficient (Wildman–Crippen LogP) is 2.75. The number of nitrogens with zero attached hydrogens (tertiary/aromatic N) is 1. The maximum atomic E-state index is 12.7. The van der Waals surface area contributed by atoms with Crippen molar-refractivity contribution in [1.82, 2.24) is 10.2 Å². The first-order valence-corrected chi connectivity index (χ1v) is 13.0. The molecule has 36 heavy (non-hydrogen) atoms. The first kappa shape index (κ1) is 30.4. The van der Waals surface area contributed by atoms with E-state index in [1.54, 1.807) is 25.7 Å². The molecule has 2 amide bonds. The maximum Gasteiger partial charge on any atom is 0.457 e. The summed E-state index contributed by atoms with van der Waals surface area (Å²) >= 11 is 0. The van der Waals surface area contributed by atoms with E-state index in [1.807, 2.05) is 27.7 Å². The molecule has 11 heteroatoms. The van der Waals surface area contributed by atoms with Gasteiger partial charge in [0.2, 0.25) is 5.91 Å². The number of likely N-dealkylation sites (tertiary alicyclic amines) is 1. The third-order valence-corrected chi connectivity index (χ3v) is 7.85. The normalized spacial score (nSPS) is 28.2. The van der Waals surface area contributed by atoms with Crippen molar-refractivity contribution in [2.75, 3.05) is 26.7 Å². The summed E-state index contributed by atoms with van der Waals surface area (Å²) in [5.41, 5.74) is 3.12. The van der Waals surface area contributed by atoms with Crippen molar-refractivity contribution < 1.29 is 33.5 Å². The van der Waals surface area contributed by atoms with Gasteiger partial charge in [-0.2, -0.15) is 0 Å². The van der Waals surface area contributed by atoms with Crippen LogP contribution < -0.4 is 11.1 Å². The molecule has 2 heterocycles. The van der Waals surface area contributed by atoms with Crippen LogP contribution in [0.5, 0.6) is 0 Å². The molecule has 0 bridgehead atoms. The number of nitrogens with two attached hydrogens (primary N) is 1. The highest BCUT2D eigenvalue weighted by molar-refractivity contribution is 6.45. The number of hydrogen-bond donors (Lipinski definition) is 3. The standard InChI is InChI=1S/C24H41BN2O7.CH5N/c1-22(2,3)32-21(31)26-12-19(28)27-13-15-11-17(20(29)30)16(18(15)14-27)9-8-10-25-33-23(4,5)24(6,7)34-25;1-2/h15-18H,8-14H2,1-7H3,(H,26,31)(H,29,30);2H2,1H3/t15?,16?,17-,18?;/m1./s1. The Morgan fingerprint density at radius 3 is 2.22 bits per heavy atom. The van der Waals surface area contributed by atoms with E-state index >= 15 is 0 Å². The minimum Gasteiger partial charge on any atom is -0.481 e. The van der Waals surface area contributed by atoms with Crippen LogP contribution in [0.3, 0.4) is 0 Å². The molecule has 3 unspecified atom stereocenters. The quantitative estimate of drug-likeness (QED) is 0.443. The Morgan fingerprint density at radius 1 is 1.11 bits per heavy atom. The van der Waals surface area contributed by atoms with Crippen LogP contribution in [0, 0.1) is 23.7 Å². The summed E-state index contributed by atoms with van der Waals surface area (Å²) in [6, 6.07) is 0. The van der Waals surface area contributed by atoms with Gasteiger partial charge in [0.05, 0.1) is 17.1 Å². The number of carboxylic acids is 1. The van der Waals surface area contributed by atoms with Crippen molar-refractivity contribution in [1.29, 1.82) is 0 Å². The van der Waals surface area contributed by atoms with E-state index in [-0.39, 0.29) is 54.4 Å². The second kappa shape index (κ2) is 11.7. The number of ether oxygens (including phenoxy) is 1. The van der Waals surface area contributed by atoms with Gasteiger partial charge in [0.25, 0.3) is 0 Å². The smallest absolute Gasteiger partial charge is 0.457 e. The zero-order valence-corrected chi connectivity index (χ0v) is 23.3. The number of amides is 2. The molecular formula is C25H46BN3O7. The van der Waals surface area contributed by atoms with Gasteiger partial charge in [0.1, 0.15) is 12.1 Å². The molecule has 3 rings (SSSR count). The highest BCUT2D eigenvalue weighted by Crippen LogP contribution is 2.48. The summed E-state index contributed by atoms with van der Waals surface area (Å²) in [5, 5.41) is 12.3. The van der Waals surface area contributed by atoms with Gasteiger partial charge in [-0.05, 0) is 92.4 Å². The highest BCUT2D eigenvalue weighted by atomic mass is 16.7. The topological polar surface area (TPSA) is 140 Å². The fourth-order valence-corrected chi connectivity index (χ4v) is 5.51. The lowest BCUT2D eigenvalue weighted by atomic mass is 9.77. The molecule has 0 aromatic rings. The van der Waals surface area contributed by atoms with Crippen LogP contribution >= 0.6 is 0 Å². The Labute approximate surface area is 216 Å². The molecule has 4 atom stereocenters. The van der Waals surface area contributed by atoms with Crippen LogP contribution in [0.2, 0.25) is 6.32 Å². The maximum absolute atomic E-state index is 12.7. The second-order valence-corrected chi connectivity index (χ2v) is 12.0. The summed E-state index contributed by atoms with van der Waals surface area (Å²) < 4.78 is 17.3. The third kappa shape index (κ3) is 7.35. The molecule has 10 nitrogen and oxygen atoms in total. The predicted molar refractivity (Wildman–Crippen MR) is 137 cm³/mol. The van der Waals surface area contributed by atoms with Crippen LogP contribution in [0.1, 0.15) is 67.7 Å². The Balaban J connectivity index is 0.00000222. The Hall–Kier alpha value is -1.85. The number of fused-ring (bicyclic) bond motifs is 1. The van der Waals surface area contributed by atoms with Crippen LogP contribution in [-0.4, -0.2) is 78.6 Å². The number of aliphatic carboxylic acids is 1. The lowest BCUT2D eigenvalue weighted by Gasteiger charge is -2.32.